The molecule has 0 bridgehead atoms. The molecule has 3 N–H and O–H groups in total. The van der Waals surface area contributed by atoms with E-state index in [1.807, 2.05) is 42.5 Å². The maximum Gasteiger partial charge on any atom is 0.172 e. The highest BCUT2D eigenvalue weighted by Crippen LogP contribution is 2.25. The van der Waals surface area contributed by atoms with E-state index >= 15 is 0 Å². The maximum atomic E-state index is 9.36. The molecule has 3 rings (SSSR count). The molecule has 0 unspecified atom stereocenters. The van der Waals surface area contributed by atoms with Crippen LogP contribution in [0.1, 0.15) is 11.1 Å². The van der Waals surface area contributed by atoms with Crippen molar-refractivity contribution in [1.29, 1.82) is 5.26 Å². The fraction of sp³-hybridized carbons (Fsp3) is 0.0588. The number of benzene rings is 2. The zero-order valence-corrected chi connectivity index (χ0v) is 13.0. The van der Waals surface area contributed by atoms with Crippen LogP contribution < -0.4 is 11.1 Å². The predicted octanol–water partition coefficient (Wildman–Crippen LogP) is 3.78. The van der Waals surface area contributed by atoms with E-state index < -0.39 is 0 Å². The average molecular weight is 324 g/mol. The number of nitriles is 1. The second kappa shape index (κ2) is 6.42. The van der Waals surface area contributed by atoms with Gasteiger partial charge in [-0.1, -0.05) is 41.9 Å². The molecule has 0 spiro atoms. The lowest BCUT2D eigenvalue weighted by molar-refractivity contribution is 0.700. The molecule has 3 aromatic rings. The monoisotopic (exact) mass is 323 g/mol. The van der Waals surface area contributed by atoms with Gasteiger partial charge < -0.3 is 11.1 Å². The van der Waals surface area contributed by atoms with Crippen molar-refractivity contribution >= 4 is 28.9 Å². The van der Waals surface area contributed by atoms with Gasteiger partial charge >= 0.3 is 0 Å². The molecule has 6 heteroatoms. The molecule has 114 valence electrons. The van der Waals surface area contributed by atoms with Crippen LogP contribution >= 0.6 is 11.6 Å². The maximum absolute atomic E-state index is 9.36. The molecule has 0 aliphatic carbocycles. The largest absolute Gasteiger partial charge is 0.383 e. The quantitative estimate of drug-likeness (QED) is 0.765. The molecule has 0 amide bonds. The van der Waals surface area contributed by atoms with Gasteiger partial charge in [-0.25, -0.2) is 4.68 Å². The number of nitrogens with zero attached hydrogens (tertiary/aromatic N) is 3. The van der Waals surface area contributed by atoms with Crippen molar-refractivity contribution in [2.75, 3.05) is 11.1 Å². The Bertz CT molecular complexity index is 847. The number of nitrogens with one attached hydrogen (secondary N) is 1. The van der Waals surface area contributed by atoms with E-state index in [1.54, 1.807) is 16.8 Å². The van der Waals surface area contributed by atoms with Gasteiger partial charge in [0, 0.05) is 10.7 Å². The van der Waals surface area contributed by atoms with E-state index in [-0.39, 0.29) is 0 Å². The third-order valence-electron chi connectivity index (χ3n) is 3.39. The molecule has 0 saturated carbocycles. The topological polar surface area (TPSA) is 79.7 Å². The number of hydrogen-bond acceptors (Lipinski definition) is 4. The fourth-order valence-corrected chi connectivity index (χ4v) is 2.35. The zero-order valence-electron chi connectivity index (χ0n) is 12.2. The molecular weight excluding hydrogens is 310 g/mol. The summed E-state index contributed by atoms with van der Waals surface area (Å²) in [5, 5.41) is 17.5. The van der Waals surface area contributed by atoms with Gasteiger partial charge in [0.15, 0.2) is 5.82 Å². The number of aromatic nitrogens is 2. The molecular formula is C17H14ClN5. The normalized spacial score (nSPS) is 10.3. The van der Waals surface area contributed by atoms with Crippen LogP contribution in [-0.2, 0) is 6.54 Å². The Kier molecular flexibility index (Phi) is 4.18. The molecule has 1 heterocycles. The molecule has 5 nitrogen and oxygen atoms in total. The van der Waals surface area contributed by atoms with Gasteiger partial charge in [0.25, 0.3) is 0 Å². The standard InChI is InChI=1S/C17H14ClN5/c18-13-6-8-14(9-7-13)21-17-15(10-19)16(20)23(22-17)11-12-4-2-1-3-5-12/h1-9H,11,20H2,(H,21,22). The van der Waals surface area contributed by atoms with Crippen LogP contribution in [0.25, 0.3) is 0 Å². The molecule has 0 saturated heterocycles. The highest BCUT2D eigenvalue weighted by molar-refractivity contribution is 6.30. The zero-order chi connectivity index (χ0) is 16.2. The van der Waals surface area contributed by atoms with Gasteiger partial charge in [-0.3, -0.25) is 0 Å². The summed E-state index contributed by atoms with van der Waals surface area (Å²) in [6.45, 7) is 0.504. The minimum Gasteiger partial charge on any atom is -0.383 e. The first-order valence-corrected chi connectivity index (χ1v) is 7.38. The summed E-state index contributed by atoms with van der Waals surface area (Å²) in [6.07, 6.45) is 0. The number of nitrogen functional groups attached to an aromatic ring is 1. The van der Waals surface area contributed by atoms with Crippen LogP contribution in [0.15, 0.2) is 54.6 Å². The first kappa shape index (κ1) is 14.9. The highest BCUT2D eigenvalue weighted by atomic mass is 35.5. The third kappa shape index (κ3) is 3.28. The van der Waals surface area contributed by atoms with Crippen LogP contribution in [0.3, 0.4) is 0 Å². The minimum absolute atomic E-state index is 0.330. The number of rotatable bonds is 4. The van der Waals surface area contributed by atoms with Crippen molar-refractivity contribution in [2.24, 2.45) is 0 Å². The number of anilines is 3. The predicted molar refractivity (Wildman–Crippen MR) is 91.6 cm³/mol. The number of hydrogen-bond donors (Lipinski definition) is 2. The lowest BCUT2D eigenvalue weighted by Gasteiger charge is -2.04. The van der Waals surface area contributed by atoms with Gasteiger partial charge in [-0.2, -0.15) is 10.4 Å². The smallest absolute Gasteiger partial charge is 0.172 e. The summed E-state index contributed by atoms with van der Waals surface area (Å²) in [4.78, 5) is 0. The fourth-order valence-electron chi connectivity index (χ4n) is 2.22. The van der Waals surface area contributed by atoms with Gasteiger partial charge in [0.05, 0.1) is 6.54 Å². The Morgan fingerprint density at radius 2 is 1.83 bits per heavy atom. The van der Waals surface area contributed by atoms with E-state index in [2.05, 4.69) is 16.5 Å². The van der Waals surface area contributed by atoms with Crippen molar-refractivity contribution in [3.05, 3.63) is 70.7 Å². The second-order valence-corrected chi connectivity index (χ2v) is 5.43. The van der Waals surface area contributed by atoms with Gasteiger partial charge in [0.2, 0.25) is 0 Å². The molecule has 0 fully saturated rings. The molecule has 0 atom stereocenters. The first-order valence-electron chi connectivity index (χ1n) is 7.00. The second-order valence-electron chi connectivity index (χ2n) is 5.00. The molecule has 0 aliphatic heterocycles. The van der Waals surface area contributed by atoms with Crippen LogP contribution in [0.5, 0.6) is 0 Å². The van der Waals surface area contributed by atoms with Crippen LogP contribution in [0.4, 0.5) is 17.3 Å². The Morgan fingerprint density at radius 3 is 2.48 bits per heavy atom. The van der Waals surface area contributed by atoms with Crippen molar-refractivity contribution in [2.45, 2.75) is 6.54 Å². The van der Waals surface area contributed by atoms with Crippen LogP contribution in [0, 0.1) is 11.3 Å². The molecule has 2 aromatic carbocycles. The van der Waals surface area contributed by atoms with Crippen molar-refractivity contribution in [1.82, 2.24) is 9.78 Å². The van der Waals surface area contributed by atoms with Crippen LogP contribution in [0.2, 0.25) is 5.02 Å². The number of nitrogens with two attached hydrogens (primary N) is 1. The van der Waals surface area contributed by atoms with E-state index in [1.165, 1.54) is 0 Å². The molecule has 1 aromatic heterocycles. The minimum atomic E-state index is 0.330. The SMILES string of the molecule is N#Cc1c(Nc2ccc(Cl)cc2)nn(Cc2ccccc2)c1N. The first-order chi connectivity index (χ1) is 11.2. The average Bonchev–Trinajstić information content (AvgIpc) is 2.85. The highest BCUT2D eigenvalue weighted by Gasteiger charge is 2.15. The lowest BCUT2D eigenvalue weighted by atomic mass is 10.2. The molecule has 0 radical (unpaired) electrons. The lowest BCUT2D eigenvalue weighted by Crippen LogP contribution is -2.06. The van der Waals surface area contributed by atoms with Gasteiger partial charge in [0.1, 0.15) is 17.5 Å². The third-order valence-corrected chi connectivity index (χ3v) is 3.64. The van der Waals surface area contributed by atoms with E-state index in [4.69, 9.17) is 17.3 Å². The summed E-state index contributed by atoms with van der Waals surface area (Å²) in [5.74, 6) is 0.774. The Hall–Kier alpha value is -2.97. The summed E-state index contributed by atoms with van der Waals surface area (Å²) >= 11 is 5.87. The molecule has 0 aliphatic rings. The van der Waals surface area contributed by atoms with Gasteiger partial charge in [-0.05, 0) is 29.8 Å². The van der Waals surface area contributed by atoms with Crippen molar-refractivity contribution in [3.8, 4) is 6.07 Å². The Morgan fingerprint density at radius 1 is 1.13 bits per heavy atom. The van der Waals surface area contributed by atoms with E-state index in [0.717, 1.165) is 11.3 Å². The summed E-state index contributed by atoms with van der Waals surface area (Å²) in [7, 11) is 0. The molecule has 23 heavy (non-hydrogen) atoms. The summed E-state index contributed by atoms with van der Waals surface area (Å²) in [5.41, 5.74) is 8.23. The summed E-state index contributed by atoms with van der Waals surface area (Å²) < 4.78 is 1.62. The van der Waals surface area contributed by atoms with Crippen molar-refractivity contribution in [3.63, 3.8) is 0 Å². The number of halogens is 1. The Balaban J connectivity index is 1.90. The summed E-state index contributed by atoms with van der Waals surface area (Å²) in [6, 6.07) is 19.1. The van der Waals surface area contributed by atoms with Crippen molar-refractivity contribution < 1.29 is 0 Å². The van der Waals surface area contributed by atoms with Gasteiger partial charge in [-0.15, -0.1) is 0 Å². The van der Waals surface area contributed by atoms with E-state index in [9.17, 15) is 5.26 Å². The Labute approximate surface area is 138 Å². The van der Waals surface area contributed by atoms with Crippen LogP contribution in [-0.4, -0.2) is 9.78 Å². The van der Waals surface area contributed by atoms with E-state index in [0.29, 0.717) is 28.8 Å².